The van der Waals surface area contributed by atoms with Gasteiger partial charge in [0, 0.05) is 222 Å². The molecule has 103 heavy (non-hydrogen) atoms. The smallest absolute Gasteiger partial charge is 0.857 e. The van der Waals surface area contributed by atoms with E-state index in [4.69, 9.17) is 148 Å². The second kappa shape index (κ2) is 64.9. The first kappa shape index (κ1) is 117. The molecule has 22 nitrogen and oxygen atoms in total. The number of nitrogens with one attached hydrogen (secondary N) is 1. The average Bonchev–Trinajstić information content (AvgIpc) is 0.785. The van der Waals surface area contributed by atoms with E-state index in [2.05, 4.69) is 45.3 Å². The van der Waals surface area contributed by atoms with E-state index in [1.165, 1.54) is 70.2 Å². The third kappa shape index (κ3) is 49.8. The van der Waals surface area contributed by atoms with Crippen LogP contribution in [0.4, 0.5) is 0 Å². The summed E-state index contributed by atoms with van der Waals surface area (Å²) < 4.78 is 37.8. The molecule has 3 rings (SSSR count). The van der Waals surface area contributed by atoms with Crippen LogP contribution >= 0.6 is 69.3 Å². The van der Waals surface area contributed by atoms with E-state index in [9.17, 15) is 37.2 Å². The van der Waals surface area contributed by atoms with Gasteiger partial charge in [-0.15, -0.1) is 11.6 Å². The molecule has 0 saturated heterocycles. The molecule has 0 bridgehead atoms. The Labute approximate surface area is 686 Å². The van der Waals surface area contributed by atoms with Crippen molar-refractivity contribution in [2.45, 2.75) is 125 Å². The Balaban J connectivity index is -0.000000172. The number of ketones is 3. The van der Waals surface area contributed by atoms with E-state index < -0.39 is 109 Å². The number of hydrogen-bond acceptors (Lipinski definition) is 25. The number of esters is 3. The van der Waals surface area contributed by atoms with Gasteiger partial charge in [-0.25, -0.2) is 47.9 Å². The molecule has 0 aromatic carbocycles. The number of carbonyl (C=O) groups is 6. The molecule has 0 atom stereocenters. The number of Topliss-reactive ketones (excluding diaryl/α,β-unsaturated/α-hetero) is 3. The predicted molar refractivity (Wildman–Crippen MR) is 452 cm³/mol. The number of allylic oxidation sites excluding steroid dienone is 1. The molecule has 4 N–H and O–H groups in total. The van der Waals surface area contributed by atoms with Crippen LogP contribution in [0.5, 0.6) is 0 Å². The van der Waals surface area contributed by atoms with Crippen LogP contribution in [0.3, 0.4) is 0 Å². The normalized spacial score (nSPS) is 9.72. The van der Waals surface area contributed by atoms with E-state index in [-0.39, 0.29) is 85.1 Å². The molecule has 55 heteroatoms. The summed E-state index contributed by atoms with van der Waals surface area (Å²) in [5.41, 5.74) is 12.2. The van der Waals surface area contributed by atoms with Crippen LogP contribution < -0.4 is 40.4 Å². The summed E-state index contributed by atoms with van der Waals surface area (Å²) in [5, 5.41) is 26.1. The van der Waals surface area contributed by atoms with Crippen molar-refractivity contribution in [2.75, 3.05) is 65.3 Å². The summed E-state index contributed by atoms with van der Waals surface area (Å²) in [6.07, 6.45) is -0.697. The number of aryl methyl sites for hydroxylation is 6. The van der Waals surface area contributed by atoms with Crippen molar-refractivity contribution >= 4 is 297 Å². The number of aliphatic hydroxyl groups excluding tert-OH is 1. The molecule has 3 aromatic rings. The van der Waals surface area contributed by atoms with Gasteiger partial charge in [0.25, 0.3) is 0 Å². The van der Waals surface area contributed by atoms with Gasteiger partial charge >= 0.3 is 47.5 Å². The van der Waals surface area contributed by atoms with Gasteiger partial charge in [0.1, 0.15) is 16.9 Å². The van der Waals surface area contributed by atoms with Gasteiger partial charge in [-0.3, -0.25) is 24.6 Å². The molecule has 27 radical (unpaired) electrons. The number of aromatic nitrogens is 6. The minimum absolute atomic E-state index is 0. The zero-order valence-electron chi connectivity index (χ0n) is 62.4. The van der Waals surface area contributed by atoms with E-state index in [1.54, 1.807) is 59.6 Å². The van der Waals surface area contributed by atoms with E-state index in [0.29, 0.717) is 34.6 Å². The van der Waals surface area contributed by atoms with Crippen LogP contribution in [0, 0.1) is 52.9 Å². The molecule has 0 aliphatic rings. The Morgan fingerprint density at radius 2 is 0.903 bits per heavy atom. The molecule has 0 aliphatic carbocycles. The van der Waals surface area contributed by atoms with E-state index >= 15 is 0 Å². The number of alkyl halides is 1. The van der Waals surface area contributed by atoms with Crippen LogP contribution in [0.15, 0.2) is 26.8 Å². The summed E-state index contributed by atoms with van der Waals surface area (Å²) in [5.74, 6) is -3.48. The molecule has 0 saturated carbocycles. The Hall–Kier alpha value is -1.86. The number of aliphatic hydroxyl groups is 1. The van der Waals surface area contributed by atoms with Gasteiger partial charge < -0.3 is 34.9 Å². The number of amidine groups is 1. The number of nitrogens with zero attached hydrogens (tertiary/aromatic N) is 6. The number of thioether (sulfide) groups is 4. The van der Waals surface area contributed by atoms with Crippen molar-refractivity contribution in [3.8, 4) is 0 Å². The predicted octanol–water partition coefficient (Wildman–Crippen LogP) is -5.22. The third-order valence-electron chi connectivity index (χ3n) is 13.1. The van der Waals surface area contributed by atoms with Crippen LogP contribution in [-0.4, -0.2) is 327 Å². The van der Waals surface area contributed by atoms with Gasteiger partial charge in [-0.2, -0.15) is 7.11 Å². The molecular formula is C48H79B25Cl2N8NaO14S5. The Kier molecular flexibility index (Phi) is 73.7. The summed E-state index contributed by atoms with van der Waals surface area (Å²) in [6.45, 7) is 22.4. The monoisotopic (exact) mass is 1520 g/mol. The minimum Gasteiger partial charge on any atom is -0.857 e. The number of carbonyl (C=O) groups excluding carboxylic acids is 6. The molecule has 0 amide bonds. The van der Waals surface area contributed by atoms with Crippen LogP contribution in [0.2, 0.25) is 0 Å². The number of rotatable bonds is 26. The number of nitrogens with two attached hydrogens (primary N) is 1. The molecular weight excluding hydrogens is 1440 g/mol. The van der Waals surface area contributed by atoms with E-state index in [1.807, 2.05) is 46.5 Å². The fraction of sp³-hybridized carbons (Fsp3) is 0.562. The number of halogens is 2. The average molecular weight is 1520 g/mol. The van der Waals surface area contributed by atoms with Crippen molar-refractivity contribution in [3.05, 3.63) is 62.2 Å². The zero-order chi connectivity index (χ0) is 80.7. The van der Waals surface area contributed by atoms with Crippen molar-refractivity contribution in [3.63, 3.8) is 0 Å². The maximum atomic E-state index is 11.6. The second-order valence-electron chi connectivity index (χ2n) is 20.6. The number of ether oxygens (including phenoxy) is 4. The summed E-state index contributed by atoms with van der Waals surface area (Å²) >= 11 is 11.5. The topological polar surface area (TPSA) is 344 Å². The molecule has 0 spiro atoms. The first-order valence-corrected chi connectivity index (χ1v) is 38.2. The third-order valence-corrected chi connectivity index (χ3v) is 15.4. The molecule has 515 valence electrons. The van der Waals surface area contributed by atoms with Crippen LogP contribution in [0.1, 0.15) is 112 Å². The maximum absolute atomic E-state index is 11.6. The Morgan fingerprint density at radius 3 is 1.12 bits per heavy atom. The number of hydrogen-bond donors (Lipinski definition) is 3. The largest absolute Gasteiger partial charge is 1.00 e. The number of methoxy groups -OCH3 is 1. The van der Waals surface area contributed by atoms with Crippen LogP contribution in [0.25, 0.3) is 0 Å². The Morgan fingerprint density at radius 1 is 0.602 bits per heavy atom. The van der Waals surface area contributed by atoms with Crippen molar-refractivity contribution < 1.29 is 95.9 Å². The summed E-state index contributed by atoms with van der Waals surface area (Å²) in [4.78, 5) is 91.8. The van der Waals surface area contributed by atoms with Crippen molar-refractivity contribution in [1.29, 1.82) is 5.41 Å². The van der Waals surface area contributed by atoms with Gasteiger partial charge in [0.2, 0.25) is 9.05 Å². The van der Waals surface area contributed by atoms with Crippen molar-refractivity contribution in [1.82, 2.24) is 29.9 Å². The van der Waals surface area contributed by atoms with Gasteiger partial charge in [-0.05, 0) is 115 Å². The van der Waals surface area contributed by atoms with Gasteiger partial charge in [0.05, 0.1) is 57.1 Å². The first-order valence-electron chi connectivity index (χ1n) is 30.1. The zero-order valence-corrected chi connectivity index (χ0v) is 70.0. The molecule has 0 fully saturated rings. The SMILES string of the molecule is C.CCOC(=O)/C(C(C)=O)=C(\C)OC.CCOC(=O)C(C(C)=O)C(C)=O.CCOC(=O)c1c(C)nc(SC)nc1C.CS(=O)(=O)Cl.CSC(=N)N.CSc1nc(C)c(CCl)c(C)n1.CSc1nc(C)c(CO)c(C)n1.C[O-].[B][B]B(B([B])[B])B(B([B])[B])B(B(B([B])[B])B([B])[B])B(B([B])[B])B([B])[B].[Na+]. The molecule has 3 aromatic heterocycles. The van der Waals surface area contributed by atoms with E-state index in [0.717, 1.165) is 57.6 Å². The Bertz CT molecular complexity index is 2970. The standard InChI is InChI=1S/C10H14N2O2S.C9H14O4.C8H11ClN2S.C8H12N2OS.C8H12O4.C2H6N2S.CH3ClO2S.CH3O.CH4.B25.Na/c1-5-14-9(13)8-6(2)11-10(15-4)12-7(8)3;1-5-13-9(11)8(6(2)10)7(3)12-4;1-5-7(4-9)6(2)11-8(10-5)12-3;1-5-7(4-11)6(2)10-8(9-5)12-3;1-4-12-8(11)7(5(2)9)6(3)10;1-5-2(3)4;1-5(2,3)4;1-2;;1-14-21(15(2)3)24(20(12)13)25(22(16(4)5)17(6)7)23(18(8)9)19(10)11;/h5H2,1-4H3;5H2,1-4H3;4H2,1-3H3;11H,4H2,1-3H3;7H,4H2,1-3H3;1H3,(H3,3,4);1H3;1H3;1H4;;/q;;;;;;;-1;;;+1/b;8-7+;;;;;;;;;. The first-order chi connectivity index (χ1) is 46.7. The summed E-state index contributed by atoms with van der Waals surface area (Å²) in [6, 6.07) is 0. The van der Waals surface area contributed by atoms with Gasteiger partial charge in [0.15, 0.2) is 43.9 Å². The van der Waals surface area contributed by atoms with Crippen molar-refractivity contribution in [2.24, 2.45) is 11.7 Å². The van der Waals surface area contributed by atoms with Gasteiger partial charge in [-0.1, -0.05) is 54.5 Å². The second-order valence-corrected chi connectivity index (χ2v) is 27.1. The van der Waals surface area contributed by atoms with Crippen LogP contribution in [-0.2, 0) is 64.5 Å². The maximum Gasteiger partial charge on any atom is 1.00 e. The quantitative estimate of drug-likeness (QED) is 0.00540. The molecule has 0 unspecified atom stereocenters. The summed E-state index contributed by atoms with van der Waals surface area (Å²) in [7, 11) is 81.3. The fourth-order valence-corrected chi connectivity index (χ4v) is 10.3. The molecule has 0 aliphatic heterocycles. The molecule has 3 heterocycles. The minimum atomic E-state index is -3.19. The fourth-order valence-electron chi connectivity index (χ4n) is 8.57.